The van der Waals surface area contributed by atoms with Crippen LogP contribution >= 0.6 is 0 Å². The Bertz CT molecular complexity index is 938. The number of carbonyl (C=O) groups excluding carboxylic acids is 1. The van der Waals surface area contributed by atoms with Crippen molar-refractivity contribution in [2.45, 2.75) is 39.5 Å². The zero-order valence-electron chi connectivity index (χ0n) is 17.4. The van der Waals surface area contributed by atoms with Crippen molar-refractivity contribution >= 4 is 11.7 Å². The molecule has 0 spiro atoms. The van der Waals surface area contributed by atoms with Crippen LogP contribution in [-0.4, -0.2) is 37.0 Å². The molecule has 1 saturated heterocycles. The summed E-state index contributed by atoms with van der Waals surface area (Å²) in [5.41, 5.74) is 5.47. The molecular formula is C24H29N4O+. The highest BCUT2D eigenvalue weighted by molar-refractivity contribution is 5.94. The number of aromatic nitrogens is 1. The van der Waals surface area contributed by atoms with Gasteiger partial charge in [-0.25, -0.2) is 4.98 Å². The standard InChI is InChI=1S/C24H28N4O/c1-17(2)15-22-20-10-6-9-19(20)21(16-25)23(26-22)27-11-13-28(14-12-27)24(29)18-7-4-3-5-8-18/h3-5,7-8,17H,6,9-15H2,1-2H3/p+1. The Morgan fingerprint density at radius 2 is 1.79 bits per heavy atom. The van der Waals surface area contributed by atoms with Crippen LogP contribution in [0.1, 0.15) is 53.0 Å². The summed E-state index contributed by atoms with van der Waals surface area (Å²) < 4.78 is 0. The molecule has 5 heteroatoms. The molecule has 1 aliphatic carbocycles. The lowest BCUT2D eigenvalue weighted by Crippen LogP contribution is -2.50. The van der Waals surface area contributed by atoms with Crippen LogP contribution in [0.3, 0.4) is 0 Å². The first-order valence-corrected chi connectivity index (χ1v) is 10.7. The number of carbonyl (C=O) groups is 1. The minimum atomic E-state index is 0.0872. The number of hydrogen-bond donors (Lipinski definition) is 0. The fourth-order valence-corrected chi connectivity index (χ4v) is 4.61. The van der Waals surface area contributed by atoms with Crippen molar-refractivity contribution < 1.29 is 9.78 Å². The topological polar surface area (TPSA) is 61.5 Å². The maximum atomic E-state index is 12.7. The van der Waals surface area contributed by atoms with E-state index in [0.29, 0.717) is 19.0 Å². The summed E-state index contributed by atoms with van der Waals surface area (Å²) in [7, 11) is 0. The van der Waals surface area contributed by atoms with E-state index in [1.165, 1.54) is 16.8 Å². The SMILES string of the molecule is CC(C)Cc1[nH+]c(N2CCN(C(=O)c3ccccc3)CC2)c(C#N)c2c1CCC2. The molecule has 4 rings (SSSR count). The molecule has 0 bridgehead atoms. The fraction of sp³-hybridized carbons (Fsp3) is 0.458. The molecule has 1 aromatic heterocycles. The summed E-state index contributed by atoms with van der Waals surface area (Å²) in [5.74, 6) is 1.61. The van der Waals surface area contributed by atoms with Crippen molar-refractivity contribution in [3.8, 4) is 6.07 Å². The van der Waals surface area contributed by atoms with Crippen molar-refractivity contribution in [1.29, 1.82) is 5.26 Å². The zero-order chi connectivity index (χ0) is 20.4. The largest absolute Gasteiger partial charge is 0.331 e. The number of nitrogens with zero attached hydrogens (tertiary/aromatic N) is 3. The van der Waals surface area contributed by atoms with E-state index >= 15 is 0 Å². The van der Waals surface area contributed by atoms with Crippen molar-refractivity contribution in [2.24, 2.45) is 5.92 Å². The fourth-order valence-electron chi connectivity index (χ4n) is 4.61. The Balaban J connectivity index is 1.57. The predicted octanol–water partition coefficient (Wildman–Crippen LogP) is 3.02. The first-order chi connectivity index (χ1) is 14.1. The average molecular weight is 390 g/mol. The molecule has 5 nitrogen and oxygen atoms in total. The van der Waals surface area contributed by atoms with Crippen LogP contribution in [0.25, 0.3) is 0 Å². The zero-order valence-corrected chi connectivity index (χ0v) is 17.4. The maximum Gasteiger partial charge on any atom is 0.293 e. The van der Waals surface area contributed by atoms with Gasteiger partial charge in [0.1, 0.15) is 30.4 Å². The number of benzene rings is 1. The highest BCUT2D eigenvalue weighted by atomic mass is 16.2. The highest BCUT2D eigenvalue weighted by Gasteiger charge is 2.33. The molecule has 1 aromatic carbocycles. The van der Waals surface area contributed by atoms with E-state index in [2.05, 4.69) is 29.8 Å². The monoisotopic (exact) mass is 389 g/mol. The van der Waals surface area contributed by atoms with Gasteiger partial charge < -0.3 is 4.90 Å². The van der Waals surface area contributed by atoms with Crippen molar-refractivity contribution in [2.75, 3.05) is 31.1 Å². The van der Waals surface area contributed by atoms with Crippen LogP contribution in [-0.2, 0) is 19.3 Å². The second kappa shape index (κ2) is 8.24. The van der Waals surface area contributed by atoms with Crippen molar-refractivity contribution in [1.82, 2.24) is 4.90 Å². The summed E-state index contributed by atoms with van der Waals surface area (Å²) in [5, 5.41) is 9.91. The normalized spacial score (nSPS) is 16.1. The smallest absolute Gasteiger partial charge is 0.293 e. The Morgan fingerprint density at radius 3 is 2.45 bits per heavy atom. The summed E-state index contributed by atoms with van der Waals surface area (Å²) in [4.78, 5) is 20.6. The molecule has 0 radical (unpaired) electrons. The van der Waals surface area contributed by atoms with Crippen molar-refractivity contribution in [3.05, 3.63) is 58.3 Å². The van der Waals surface area contributed by atoms with Crippen LogP contribution in [0, 0.1) is 17.2 Å². The van der Waals surface area contributed by atoms with E-state index in [0.717, 1.165) is 55.7 Å². The van der Waals surface area contributed by atoms with E-state index < -0.39 is 0 Å². The summed E-state index contributed by atoms with van der Waals surface area (Å²) >= 11 is 0. The van der Waals surface area contributed by atoms with Gasteiger partial charge in [0.05, 0.1) is 13.1 Å². The number of anilines is 1. The minimum Gasteiger partial charge on any atom is -0.331 e. The second-order valence-corrected chi connectivity index (χ2v) is 8.49. The average Bonchev–Trinajstić information content (AvgIpc) is 3.23. The number of rotatable bonds is 4. The van der Waals surface area contributed by atoms with Crippen LogP contribution in [0.4, 0.5) is 5.82 Å². The van der Waals surface area contributed by atoms with Crippen LogP contribution in [0.15, 0.2) is 30.3 Å². The number of piperazine rings is 1. The Kier molecular flexibility index (Phi) is 5.53. The molecular weight excluding hydrogens is 360 g/mol. The molecule has 1 amide bonds. The van der Waals surface area contributed by atoms with Gasteiger partial charge in [-0.15, -0.1) is 0 Å². The van der Waals surface area contributed by atoms with Gasteiger partial charge in [0, 0.05) is 12.0 Å². The molecule has 150 valence electrons. The molecule has 1 fully saturated rings. The predicted molar refractivity (Wildman–Crippen MR) is 113 cm³/mol. The quantitative estimate of drug-likeness (QED) is 0.808. The minimum absolute atomic E-state index is 0.0872. The molecule has 29 heavy (non-hydrogen) atoms. The molecule has 2 aliphatic rings. The lowest BCUT2D eigenvalue weighted by molar-refractivity contribution is -0.378. The van der Waals surface area contributed by atoms with Gasteiger partial charge in [-0.2, -0.15) is 5.26 Å². The Hall–Kier alpha value is -2.87. The third kappa shape index (κ3) is 3.85. The van der Waals surface area contributed by atoms with Gasteiger partial charge in [-0.3, -0.25) is 9.69 Å². The first-order valence-electron chi connectivity index (χ1n) is 10.7. The number of H-pyrrole nitrogens is 1. The van der Waals surface area contributed by atoms with E-state index in [-0.39, 0.29) is 5.91 Å². The third-order valence-corrected chi connectivity index (χ3v) is 6.02. The second-order valence-electron chi connectivity index (χ2n) is 8.49. The van der Waals surface area contributed by atoms with E-state index in [9.17, 15) is 10.1 Å². The van der Waals surface area contributed by atoms with Crippen molar-refractivity contribution in [3.63, 3.8) is 0 Å². The molecule has 1 aliphatic heterocycles. The van der Waals surface area contributed by atoms with Gasteiger partial charge in [0.15, 0.2) is 0 Å². The van der Waals surface area contributed by atoms with Gasteiger partial charge in [0.25, 0.3) is 11.7 Å². The molecule has 0 saturated carbocycles. The molecule has 2 heterocycles. The first kappa shape index (κ1) is 19.4. The van der Waals surface area contributed by atoms with Crippen LogP contribution in [0.5, 0.6) is 0 Å². The van der Waals surface area contributed by atoms with Gasteiger partial charge >= 0.3 is 0 Å². The lowest BCUT2D eigenvalue weighted by Gasteiger charge is -2.31. The molecule has 0 atom stereocenters. The highest BCUT2D eigenvalue weighted by Crippen LogP contribution is 2.32. The van der Waals surface area contributed by atoms with E-state index in [1.807, 2.05) is 35.2 Å². The van der Waals surface area contributed by atoms with E-state index in [4.69, 9.17) is 0 Å². The number of hydrogen-bond acceptors (Lipinski definition) is 3. The number of pyridine rings is 1. The number of fused-ring (bicyclic) bond motifs is 1. The molecule has 1 N–H and O–H groups in total. The summed E-state index contributed by atoms with van der Waals surface area (Å²) in [6.07, 6.45) is 4.21. The summed E-state index contributed by atoms with van der Waals surface area (Å²) in [6, 6.07) is 11.9. The Morgan fingerprint density at radius 1 is 1.10 bits per heavy atom. The molecule has 0 unspecified atom stereocenters. The number of nitriles is 1. The van der Waals surface area contributed by atoms with E-state index in [1.54, 1.807) is 0 Å². The van der Waals surface area contributed by atoms with Gasteiger partial charge in [-0.1, -0.05) is 32.0 Å². The van der Waals surface area contributed by atoms with Crippen LogP contribution < -0.4 is 9.88 Å². The summed E-state index contributed by atoms with van der Waals surface area (Å²) in [6.45, 7) is 7.29. The number of amides is 1. The maximum absolute atomic E-state index is 12.7. The Labute approximate surface area is 173 Å². The van der Waals surface area contributed by atoms with Gasteiger partial charge in [0.2, 0.25) is 0 Å². The molecule has 2 aromatic rings. The van der Waals surface area contributed by atoms with Gasteiger partial charge in [-0.05, 0) is 48.4 Å². The third-order valence-electron chi connectivity index (χ3n) is 6.02. The number of nitrogens with one attached hydrogen (secondary N) is 1. The van der Waals surface area contributed by atoms with Crippen LogP contribution in [0.2, 0.25) is 0 Å². The number of aromatic amines is 1. The lowest BCUT2D eigenvalue weighted by atomic mass is 9.97.